The number of hydrogen-bond acceptors (Lipinski definition) is 5. The monoisotopic (exact) mass is 264 g/mol. The SMILES string of the molecule is COCCN1CCC(CN(C)Cc2cncnc2)C1. The molecule has 1 aliphatic heterocycles. The highest BCUT2D eigenvalue weighted by Crippen LogP contribution is 2.17. The zero-order valence-corrected chi connectivity index (χ0v) is 12.0. The van der Waals surface area contributed by atoms with Gasteiger partial charge in [-0.05, 0) is 25.9 Å². The first-order chi connectivity index (χ1) is 9.28. The predicted molar refractivity (Wildman–Crippen MR) is 74.8 cm³/mol. The van der Waals surface area contributed by atoms with Gasteiger partial charge < -0.3 is 14.5 Å². The van der Waals surface area contributed by atoms with Gasteiger partial charge in [0.05, 0.1) is 6.61 Å². The van der Waals surface area contributed by atoms with E-state index >= 15 is 0 Å². The molecule has 1 saturated heterocycles. The zero-order chi connectivity index (χ0) is 13.5. The molecule has 1 unspecified atom stereocenters. The summed E-state index contributed by atoms with van der Waals surface area (Å²) < 4.78 is 5.13. The van der Waals surface area contributed by atoms with Crippen molar-refractivity contribution in [2.24, 2.45) is 5.92 Å². The molecule has 0 amide bonds. The van der Waals surface area contributed by atoms with Gasteiger partial charge in [0.2, 0.25) is 0 Å². The number of rotatable bonds is 7. The van der Waals surface area contributed by atoms with Crippen molar-refractivity contribution in [2.75, 3.05) is 46.9 Å². The summed E-state index contributed by atoms with van der Waals surface area (Å²) in [6.07, 6.45) is 6.65. The van der Waals surface area contributed by atoms with Crippen LogP contribution < -0.4 is 0 Å². The van der Waals surface area contributed by atoms with Gasteiger partial charge in [-0.2, -0.15) is 0 Å². The first-order valence-electron chi connectivity index (χ1n) is 6.91. The van der Waals surface area contributed by atoms with E-state index in [-0.39, 0.29) is 0 Å². The maximum atomic E-state index is 5.13. The van der Waals surface area contributed by atoms with Crippen LogP contribution in [0.1, 0.15) is 12.0 Å². The topological polar surface area (TPSA) is 41.5 Å². The van der Waals surface area contributed by atoms with E-state index in [1.807, 2.05) is 12.4 Å². The van der Waals surface area contributed by atoms with E-state index in [2.05, 4.69) is 26.8 Å². The Bertz CT molecular complexity index is 360. The number of methoxy groups -OCH3 is 1. The molecule has 1 atom stereocenters. The summed E-state index contributed by atoms with van der Waals surface area (Å²) in [6.45, 7) is 6.36. The first kappa shape index (κ1) is 14.4. The predicted octanol–water partition coefficient (Wildman–Crippen LogP) is 0.877. The van der Waals surface area contributed by atoms with Crippen LogP contribution in [0, 0.1) is 5.92 Å². The van der Waals surface area contributed by atoms with E-state index in [9.17, 15) is 0 Å². The van der Waals surface area contributed by atoms with Crippen LogP contribution in [0.2, 0.25) is 0 Å². The van der Waals surface area contributed by atoms with Crippen LogP contribution in [0.4, 0.5) is 0 Å². The van der Waals surface area contributed by atoms with E-state index in [0.29, 0.717) is 0 Å². The molecule has 0 saturated carbocycles. The number of aromatic nitrogens is 2. The van der Waals surface area contributed by atoms with Crippen molar-refractivity contribution >= 4 is 0 Å². The van der Waals surface area contributed by atoms with Gasteiger partial charge in [0.15, 0.2) is 0 Å². The Morgan fingerprint density at radius 2 is 2.21 bits per heavy atom. The Kier molecular flexibility index (Phi) is 5.69. The van der Waals surface area contributed by atoms with Crippen LogP contribution in [0.3, 0.4) is 0 Å². The molecule has 0 bridgehead atoms. The Balaban J connectivity index is 1.70. The van der Waals surface area contributed by atoms with Crippen molar-refractivity contribution in [2.45, 2.75) is 13.0 Å². The Morgan fingerprint density at radius 3 is 2.95 bits per heavy atom. The molecule has 2 heterocycles. The highest BCUT2D eigenvalue weighted by atomic mass is 16.5. The minimum Gasteiger partial charge on any atom is -0.383 e. The van der Waals surface area contributed by atoms with Crippen LogP contribution in [0.15, 0.2) is 18.7 Å². The third-order valence-corrected chi connectivity index (χ3v) is 3.62. The minimum absolute atomic E-state index is 0.770. The lowest BCUT2D eigenvalue weighted by Crippen LogP contribution is -2.29. The van der Waals surface area contributed by atoms with E-state index < -0.39 is 0 Å². The maximum Gasteiger partial charge on any atom is 0.115 e. The van der Waals surface area contributed by atoms with E-state index in [1.54, 1.807) is 13.4 Å². The molecule has 0 spiro atoms. The van der Waals surface area contributed by atoms with Crippen molar-refractivity contribution in [1.82, 2.24) is 19.8 Å². The molecule has 1 aromatic heterocycles. The fourth-order valence-electron chi connectivity index (χ4n) is 2.71. The second-order valence-electron chi connectivity index (χ2n) is 5.39. The molecule has 106 valence electrons. The minimum atomic E-state index is 0.770. The highest BCUT2D eigenvalue weighted by Gasteiger charge is 2.23. The summed E-state index contributed by atoms with van der Waals surface area (Å²) in [5, 5.41) is 0. The first-order valence-corrected chi connectivity index (χ1v) is 6.91. The summed E-state index contributed by atoms with van der Waals surface area (Å²) in [5.41, 5.74) is 1.18. The molecule has 5 nitrogen and oxygen atoms in total. The maximum absolute atomic E-state index is 5.13. The normalized spacial score (nSPS) is 20.3. The van der Waals surface area contributed by atoms with E-state index in [1.165, 1.54) is 25.1 Å². The Morgan fingerprint density at radius 1 is 1.42 bits per heavy atom. The number of likely N-dealkylation sites (tertiary alicyclic amines) is 1. The van der Waals surface area contributed by atoms with E-state index in [0.717, 1.165) is 32.2 Å². The van der Waals surface area contributed by atoms with Crippen LogP contribution in [0.25, 0.3) is 0 Å². The molecular weight excluding hydrogens is 240 g/mol. The van der Waals surface area contributed by atoms with Crippen LogP contribution in [-0.2, 0) is 11.3 Å². The molecule has 0 aliphatic carbocycles. The van der Waals surface area contributed by atoms with Gasteiger partial charge in [-0.15, -0.1) is 0 Å². The fourth-order valence-corrected chi connectivity index (χ4v) is 2.71. The summed E-state index contributed by atoms with van der Waals surface area (Å²) in [4.78, 5) is 13.0. The van der Waals surface area contributed by atoms with Crippen molar-refractivity contribution in [3.63, 3.8) is 0 Å². The third-order valence-electron chi connectivity index (χ3n) is 3.62. The van der Waals surface area contributed by atoms with Crippen molar-refractivity contribution < 1.29 is 4.74 Å². The smallest absolute Gasteiger partial charge is 0.115 e. The van der Waals surface area contributed by atoms with Crippen LogP contribution in [-0.4, -0.2) is 66.7 Å². The van der Waals surface area contributed by atoms with Crippen molar-refractivity contribution in [3.8, 4) is 0 Å². The van der Waals surface area contributed by atoms with Gasteiger partial charge in [-0.1, -0.05) is 0 Å². The fraction of sp³-hybridized carbons (Fsp3) is 0.714. The molecule has 0 radical (unpaired) electrons. The Hall–Kier alpha value is -1.04. The van der Waals surface area contributed by atoms with Gasteiger partial charge >= 0.3 is 0 Å². The summed E-state index contributed by atoms with van der Waals surface area (Å²) >= 11 is 0. The molecule has 5 heteroatoms. The largest absolute Gasteiger partial charge is 0.383 e. The number of ether oxygens (including phenoxy) is 1. The second-order valence-corrected chi connectivity index (χ2v) is 5.39. The van der Waals surface area contributed by atoms with Gasteiger partial charge in [0.25, 0.3) is 0 Å². The highest BCUT2D eigenvalue weighted by molar-refractivity contribution is 5.01. The van der Waals surface area contributed by atoms with Gasteiger partial charge in [0.1, 0.15) is 6.33 Å². The molecule has 1 fully saturated rings. The number of nitrogens with zero attached hydrogens (tertiary/aromatic N) is 4. The lowest BCUT2D eigenvalue weighted by atomic mass is 10.1. The summed E-state index contributed by atoms with van der Waals surface area (Å²) in [7, 11) is 3.94. The lowest BCUT2D eigenvalue weighted by molar-refractivity contribution is 0.157. The molecule has 0 N–H and O–H groups in total. The van der Waals surface area contributed by atoms with Crippen molar-refractivity contribution in [3.05, 3.63) is 24.3 Å². The molecule has 1 aliphatic rings. The van der Waals surface area contributed by atoms with Crippen LogP contribution >= 0.6 is 0 Å². The van der Waals surface area contributed by atoms with E-state index in [4.69, 9.17) is 4.74 Å². The average molecular weight is 264 g/mol. The second kappa shape index (κ2) is 7.53. The van der Waals surface area contributed by atoms with Gasteiger partial charge in [0, 0.05) is 51.2 Å². The average Bonchev–Trinajstić information content (AvgIpc) is 2.85. The summed E-state index contributed by atoms with van der Waals surface area (Å²) in [6, 6.07) is 0. The van der Waals surface area contributed by atoms with Crippen LogP contribution in [0.5, 0.6) is 0 Å². The zero-order valence-electron chi connectivity index (χ0n) is 12.0. The number of hydrogen-bond donors (Lipinski definition) is 0. The quantitative estimate of drug-likeness (QED) is 0.731. The molecular formula is C14H24N4O. The molecule has 0 aromatic carbocycles. The molecule has 1 aromatic rings. The lowest BCUT2D eigenvalue weighted by Gasteiger charge is -2.21. The van der Waals surface area contributed by atoms with Gasteiger partial charge in [-0.3, -0.25) is 0 Å². The molecule has 19 heavy (non-hydrogen) atoms. The summed E-state index contributed by atoms with van der Waals surface area (Å²) in [5.74, 6) is 0.770. The standard InChI is InChI=1S/C14H24N4O/c1-17(10-14-7-15-12-16-8-14)9-13-3-4-18(11-13)5-6-19-2/h7-8,12-13H,3-6,9-11H2,1-2H3. The molecule has 2 rings (SSSR count). The van der Waals surface area contributed by atoms with Crippen molar-refractivity contribution in [1.29, 1.82) is 0 Å². The van der Waals surface area contributed by atoms with Gasteiger partial charge in [-0.25, -0.2) is 9.97 Å². The third kappa shape index (κ3) is 4.86. The Labute approximate surface area is 115 Å².